The van der Waals surface area contributed by atoms with Crippen molar-refractivity contribution in [2.45, 2.75) is 32.2 Å². The first-order chi connectivity index (χ1) is 8.72. The number of nitrogens with zero attached hydrogens (tertiary/aromatic N) is 3. The molecule has 0 saturated carbocycles. The van der Waals surface area contributed by atoms with Crippen LogP contribution >= 0.6 is 0 Å². The van der Waals surface area contributed by atoms with E-state index in [4.69, 9.17) is 5.73 Å². The quantitative estimate of drug-likeness (QED) is 0.875. The first-order valence-electron chi connectivity index (χ1n) is 6.38. The number of hydrogen-bond acceptors (Lipinski definition) is 3. The molecule has 96 valence electrons. The summed E-state index contributed by atoms with van der Waals surface area (Å²) in [6.45, 7) is 2.13. The molecule has 1 atom stereocenters. The van der Waals surface area contributed by atoms with Crippen LogP contribution in [0.15, 0.2) is 30.6 Å². The van der Waals surface area contributed by atoms with E-state index in [1.165, 1.54) is 11.3 Å². The fourth-order valence-electron chi connectivity index (χ4n) is 2.17. The van der Waals surface area contributed by atoms with E-state index in [2.05, 4.69) is 23.1 Å². The summed E-state index contributed by atoms with van der Waals surface area (Å²) in [6, 6.07) is 6.10. The molecular weight excluding hydrogens is 224 g/mol. The molecule has 0 fully saturated rings. The van der Waals surface area contributed by atoms with Crippen LogP contribution in [0.4, 0.5) is 0 Å². The normalized spacial score (nSPS) is 12.6. The first-order valence-corrected chi connectivity index (χ1v) is 6.38. The van der Waals surface area contributed by atoms with Crippen LogP contribution in [0.5, 0.6) is 0 Å². The predicted molar refractivity (Wildman–Crippen MR) is 72.1 cm³/mol. The van der Waals surface area contributed by atoms with E-state index in [-0.39, 0.29) is 6.04 Å². The molecule has 0 saturated heterocycles. The monoisotopic (exact) mass is 244 g/mol. The Hall–Kier alpha value is -1.68. The molecule has 2 N–H and O–H groups in total. The molecular formula is C14H20N4. The van der Waals surface area contributed by atoms with Crippen LogP contribution in [-0.4, -0.2) is 14.8 Å². The molecule has 2 aromatic rings. The van der Waals surface area contributed by atoms with E-state index in [9.17, 15) is 0 Å². The summed E-state index contributed by atoms with van der Waals surface area (Å²) in [4.78, 5) is 4.42. The summed E-state index contributed by atoms with van der Waals surface area (Å²) in [5.74, 6) is 0. The van der Waals surface area contributed by atoms with Gasteiger partial charge in [-0.05, 0) is 37.0 Å². The van der Waals surface area contributed by atoms with Crippen molar-refractivity contribution >= 4 is 0 Å². The van der Waals surface area contributed by atoms with Crippen molar-refractivity contribution in [3.8, 4) is 0 Å². The molecule has 0 amide bonds. The van der Waals surface area contributed by atoms with Gasteiger partial charge >= 0.3 is 0 Å². The molecule has 2 aromatic heterocycles. The van der Waals surface area contributed by atoms with Gasteiger partial charge in [0.25, 0.3) is 0 Å². The Balaban J connectivity index is 2.03. The minimum absolute atomic E-state index is 0.00366. The van der Waals surface area contributed by atoms with E-state index >= 15 is 0 Å². The molecule has 2 rings (SSSR count). The van der Waals surface area contributed by atoms with Crippen molar-refractivity contribution in [2.75, 3.05) is 0 Å². The van der Waals surface area contributed by atoms with Crippen molar-refractivity contribution in [1.29, 1.82) is 0 Å². The fraction of sp³-hybridized carbons (Fsp3) is 0.429. The Morgan fingerprint density at radius 1 is 1.33 bits per heavy atom. The SMILES string of the molecule is CCc1cccnc1C(N)CCc1ccnn1C. The third kappa shape index (κ3) is 2.76. The van der Waals surface area contributed by atoms with Gasteiger partial charge in [0, 0.05) is 31.2 Å². The Morgan fingerprint density at radius 2 is 2.17 bits per heavy atom. The van der Waals surface area contributed by atoms with Crippen LogP contribution in [0, 0.1) is 0 Å². The molecule has 0 spiro atoms. The molecule has 4 nitrogen and oxygen atoms in total. The smallest absolute Gasteiger partial charge is 0.0602 e. The van der Waals surface area contributed by atoms with Gasteiger partial charge in [0.1, 0.15) is 0 Å². The molecule has 0 bridgehead atoms. The Bertz CT molecular complexity index is 504. The van der Waals surface area contributed by atoms with E-state index in [1.807, 2.05) is 36.3 Å². The zero-order valence-electron chi connectivity index (χ0n) is 11.0. The molecule has 2 heterocycles. The van der Waals surface area contributed by atoms with Gasteiger partial charge in [-0.25, -0.2) is 0 Å². The third-order valence-corrected chi connectivity index (χ3v) is 3.29. The van der Waals surface area contributed by atoms with Gasteiger partial charge in [0.2, 0.25) is 0 Å². The van der Waals surface area contributed by atoms with E-state index in [0.717, 1.165) is 25.0 Å². The van der Waals surface area contributed by atoms with Crippen LogP contribution in [0.3, 0.4) is 0 Å². The van der Waals surface area contributed by atoms with Crippen LogP contribution in [-0.2, 0) is 19.9 Å². The number of hydrogen-bond donors (Lipinski definition) is 1. The standard InChI is InChI=1S/C14H20N4/c1-3-11-5-4-9-16-14(11)13(15)7-6-12-8-10-17-18(12)2/h4-5,8-10,13H,3,6-7,15H2,1-2H3. The lowest BCUT2D eigenvalue weighted by Gasteiger charge is -2.14. The summed E-state index contributed by atoms with van der Waals surface area (Å²) in [6.07, 6.45) is 6.43. The second-order valence-electron chi connectivity index (χ2n) is 4.49. The van der Waals surface area contributed by atoms with E-state index in [0.29, 0.717) is 0 Å². The summed E-state index contributed by atoms with van der Waals surface area (Å²) >= 11 is 0. The van der Waals surface area contributed by atoms with Gasteiger partial charge in [0.05, 0.1) is 5.69 Å². The lowest BCUT2D eigenvalue weighted by molar-refractivity contribution is 0.597. The summed E-state index contributed by atoms with van der Waals surface area (Å²) in [7, 11) is 1.96. The highest BCUT2D eigenvalue weighted by molar-refractivity contribution is 5.22. The molecule has 0 aliphatic rings. The van der Waals surface area contributed by atoms with E-state index < -0.39 is 0 Å². The van der Waals surface area contributed by atoms with Crippen LogP contribution < -0.4 is 5.73 Å². The number of aromatic nitrogens is 3. The van der Waals surface area contributed by atoms with Crippen molar-refractivity contribution < 1.29 is 0 Å². The molecule has 1 unspecified atom stereocenters. The van der Waals surface area contributed by atoms with Crippen LogP contribution in [0.2, 0.25) is 0 Å². The molecule has 0 aliphatic heterocycles. The van der Waals surface area contributed by atoms with Crippen molar-refractivity contribution in [3.63, 3.8) is 0 Å². The Labute approximate surface area is 108 Å². The predicted octanol–water partition coefficient (Wildman–Crippen LogP) is 2.01. The third-order valence-electron chi connectivity index (χ3n) is 3.29. The van der Waals surface area contributed by atoms with E-state index in [1.54, 1.807) is 0 Å². The van der Waals surface area contributed by atoms with Gasteiger partial charge in [0.15, 0.2) is 0 Å². The minimum Gasteiger partial charge on any atom is -0.323 e. The maximum atomic E-state index is 6.25. The summed E-state index contributed by atoms with van der Waals surface area (Å²) < 4.78 is 1.89. The number of rotatable bonds is 5. The zero-order valence-corrected chi connectivity index (χ0v) is 11.0. The molecule has 4 heteroatoms. The fourth-order valence-corrected chi connectivity index (χ4v) is 2.17. The highest BCUT2D eigenvalue weighted by atomic mass is 15.2. The minimum atomic E-state index is -0.00366. The van der Waals surface area contributed by atoms with Gasteiger partial charge in [-0.2, -0.15) is 5.10 Å². The second kappa shape index (κ2) is 5.78. The highest BCUT2D eigenvalue weighted by Crippen LogP contribution is 2.18. The van der Waals surface area contributed by atoms with Crippen LogP contribution in [0.25, 0.3) is 0 Å². The largest absolute Gasteiger partial charge is 0.323 e. The molecule has 0 aromatic carbocycles. The Morgan fingerprint density at radius 3 is 2.83 bits per heavy atom. The maximum Gasteiger partial charge on any atom is 0.0602 e. The van der Waals surface area contributed by atoms with Crippen molar-refractivity contribution in [2.24, 2.45) is 12.8 Å². The van der Waals surface area contributed by atoms with Crippen molar-refractivity contribution in [1.82, 2.24) is 14.8 Å². The number of pyridine rings is 1. The summed E-state index contributed by atoms with van der Waals surface area (Å²) in [5.41, 5.74) is 9.73. The first kappa shape index (κ1) is 12.8. The lowest BCUT2D eigenvalue weighted by Crippen LogP contribution is -2.16. The average Bonchev–Trinajstić information content (AvgIpc) is 2.81. The average molecular weight is 244 g/mol. The van der Waals surface area contributed by atoms with Gasteiger partial charge in [-0.3, -0.25) is 9.67 Å². The maximum absolute atomic E-state index is 6.25. The van der Waals surface area contributed by atoms with Crippen LogP contribution in [0.1, 0.15) is 36.3 Å². The lowest BCUT2D eigenvalue weighted by atomic mass is 10.0. The second-order valence-corrected chi connectivity index (χ2v) is 4.49. The molecule has 0 radical (unpaired) electrons. The molecule has 18 heavy (non-hydrogen) atoms. The topological polar surface area (TPSA) is 56.7 Å². The van der Waals surface area contributed by atoms with Gasteiger partial charge in [-0.15, -0.1) is 0 Å². The number of nitrogens with two attached hydrogens (primary N) is 1. The number of aryl methyl sites for hydroxylation is 3. The van der Waals surface area contributed by atoms with Gasteiger partial charge < -0.3 is 5.73 Å². The highest BCUT2D eigenvalue weighted by Gasteiger charge is 2.12. The Kier molecular flexibility index (Phi) is 4.10. The zero-order chi connectivity index (χ0) is 13.0. The summed E-state index contributed by atoms with van der Waals surface area (Å²) in [5, 5.41) is 4.16. The van der Waals surface area contributed by atoms with Crippen molar-refractivity contribution in [3.05, 3.63) is 47.5 Å². The van der Waals surface area contributed by atoms with Gasteiger partial charge in [-0.1, -0.05) is 13.0 Å². The molecule has 0 aliphatic carbocycles.